The average molecular weight is 354 g/mol. The number of hydrogen-bond acceptors (Lipinski definition) is 9. The van der Waals surface area contributed by atoms with Crippen LogP contribution in [0.25, 0.3) is 11.0 Å². The van der Waals surface area contributed by atoms with Crippen LogP contribution >= 0.6 is 0 Å². The smallest absolute Gasteiger partial charge is 0.336 e. The van der Waals surface area contributed by atoms with Gasteiger partial charge in [-0.1, -0.05) is 0 Å². The van der Waals surface area contributed by atoms with Gasteiger partial charge in [-0.3, -0.25) is 0 Å². The van der Waals surface area contributed by atoms with Gasteiger partial charge in [0.1, 0.15) is 30.0 Å². The van der Waals surface area contributed by atoms with E-state index in [2.05, 4.69) is 0 Å². The first-order valence-electron chi connectivity index (χ1n) is 7.60. The molecule has 9 heteroatoms. The lowest BCUT2D eigenvalue weighted by molar-refractivity contribution is -0.203. The highest BCUT2D eigenvalue weighted by Gasteiger charge is 2.50. The summed E-state index contributed by atoms with van der Waals surface area (Å²) >= 11 is 0. The summed E-state index contributed by atoms with van der Waals surface area (Å²) in [5.74, 6) is -1.61. The van der Waals surface area contributed by atoms with Gasteiger partial charge in [-0.25, -0.2) is 4.79 Å². The number of rotatable bonds is 3. The van der Waals surface area contributed by atoms with E-state index in [1.165, 1.54) is 18.2 Å². The zero-order valence-corrected chi connectivity index (χ0v) is 12.9. The molecule has 1 heterocycles. The van der Waals surface area contributed by atoms with Crippen LogP contribution in [-0.2, 0) is 0 Å². The van der Waals surface area contributed by atoms with Gasteiger partial charge in [0, 0.05) is 17.5 Å². The van der Waals surface area contributed by atoms with Crippen molar-refractivity contribution in [2.24, 2.45) is 5.92 Å². The highest BCUT2D eigenvalue weighted by molar-refractivity contribution is 5.80. The third kappa shape index (κ3) is 3.08. The maximum Gasteiger partial charge on any atom is 0.336 e. The van der Waals surface area contributed by atoms with Gasteiger partial charge in [0.2, 0.25) is 0 Å². The SMILES string of the molecule is O=c1ccc2cc(OC3C(O)C(O)C(O)C(O)C3CO)c(O)cc2o1. The summed E-state index contributed by atoms with van der Waals surface area (Å²) in [5, 5.41) is 59.6. The minimum atomic E-state index is -1.69. The van der Waals surface area contributed by atoms with Crippen molar-refractivity contribution in [2.75, 3.05) is 6.61 Å². The molecule has 3 rings (SSSR count). The first kappa shape index (κ1) is 17.6. The van der Waals surface area contributed by atoms with Crippen molar-refractivity contribution >= 4 is 11.0 Å². The van der Waals surface area contributed by atoms with Crippen molar-refractivity contribution < 1.29 is 39.8 Å². The van der Waals surface area contributed by atoms with Gasteiger partial charge in [0.25, 0.3) is 0 Å². The average Bonchev–Trinajstić information content (AvgIpc) is 2.58. The van der Waals surface area contributed by atoms with Crippen LogP contribution in [0.4, 0.5) is 0 Å². The molecule has 6 unspecified atom stereocenters. The standard InChI is InChI=1S/C16H18O9/c17-5-7-12(20)13(21)14(22)15(23)16(7)25-10-3-6-1-2-11(19)24-9(6)4-8(10)18/h1-4,7,12-18,20-23H,5H2. The zero-order valence-electron chi connectivity index (χ0n) is 12.9. The van der Waals surface area contributed by atoms with Crippen molar-refractivity contribution in [3.05, 3.63) is 34.7 Å². The molecule has 0 radical (unpaired) electrons. The Hall–Kier alpha value is -2.17. The maximum absolute atomic E-state index is 11.2. The Balaban J connectivity index is 1.97. The van der Waals surface area contributed by atoms with E-state index in [1.54, 1.807) is 0 Å². The summed E-state index contributed by atoms with van der Waals surface area (Å²) < 4.78 is 10.4. The van der Waals surface area contributed by atoms with Gasteiger partial charge >= 0.3 is 5.63 Å². The second-order valence-electron chi connectivity index (χ2n) is 6.00. The predicted molar refractivity (Wildman–Crippen MR) is 83.2 cm³/mol. The van der Waals surface area contributed by atoms with Gasteiger partial charge < -0.3 is 39.8 Å². The van der Waals surface area contributed by atoms with E-state index in [1.807, 2.05) is 0 Å². The van der Waals surface area contributed by atoms with E-state index in [9.17, 15) is 35.4 Å². The highest BCUT2D eigenvalue weighted by atomic mass is 16.5. The molecule has 6 N–H and O–H groups in total. The Kier molecular flexibility index (Phi) is 4.67. The fourth-order valence-electron chi connectivity index (χ4n) is 2.99. The molecular formula is C16H18O9. The summed E-state index contributed by atoms with van der Waals surface area (Å²) in [7, 11) is 0. The number of phenols is 1. The fraction of sp³-hybridized carbons (Fsp3) is 0.438. The minimum absolute atomic E-state index is 0.111. The predicted octanol–water partition coefficient (Wildman–Crippen LogP) is -1.69. The Morgan fingerprint density at radius 3 is 2.36 bits per heavy atom. The molecule has 0 spiro atoms. The first-order valence-corrected chi connectivity index (χ1v) is 7.60. The molecule has 1 saturated carbocycles. The molecule has 6 atom stereocenters. The summed E-state index contributed by atoms with van der Waals surface area (Å²) in [6, 6.07) is 5.12. The van der Waals surface area contributed by atoms with Gasteiger partial charge in [-0.2, -0.15) is 0 Å². The molecule has 1 aromatic heterocycles. The number of aliphatic hydroxyl groups excluding tert-OH is 5. The molecule has 1 aliphatic carbocycles. The molecule has 1 aliphatic rings. The van der Waals surface area contributed by atoms with Crippen molar-refractivity contribution in [1.29, 1.82) is 0 Å². The maximum atomic E-state index is 11.2. The number of fused-ring (bicyclic) bond motifs is 1. The first-order chi connectivity index (χ1) is 11.8. The lowest BCUT2D eigenvalue weighted by Gasteiger charge is -2.43. The highest BCUT2D eigenvalue weighted by Crippen LogP contribution is 2.36. The van der Waals surface area contributed by atoms with E-state index in [0.29, 0.717) is 5.39 Å². The van der Waals surface area contributed by atoms with Gasteiger partial charge in [0.15, 0.2) is 11.5 Å². The molecule has 9 nitrogen and oxygen atoms in total. The minimum Gasteiger partial charge on any atom is -0.504 e. The van der Waals surface area contributed by atoms with Crippen LogP contribution in [0.1, 0.15) is 0 Å². The van der Waals surface area contributed by atoms with E-state index in [0.717, 1.165) is 6.07 Å². The van der Waals surface area contributed by atoms with E-state index in [-0.39, 0.29) is 11.3 Å². The monoisotopic (exact) mass is 354 g/mol. The number of hydrogen-bond donors (Lipinski definition) is 6. The van der Waals surface area contributed by atoms with Crippen molar-refractivity contribution in [1.82, 2.24) is 0 Å². The van der Waals surface area contributed by atoms with Gasteiger partial charge in [-0.05, 0) is 12.1 Å². The van der Waals surface area contributed by atoms with Crippen LogP contribution in [0.2, 0.25) is 0 Å². The fourth-order valence-corrected chi connectivity index (χ4v) is 2.99. The molecule has 0 saturated heterocycles. The quantitative estimate of drug-likeness (QED) is 0.353. The van der Waals surface area contributed by atoms with Gasteiger partial charge in [0.05, 0.1) is 18.6 Å². The Morgan fingerprint density at radius 1 is 1.00 bits per heavy atom. The van der Waals surface area contributed by atoms with Crippen molar-refractivity contribution in [3.63, 3.8) is 0 Å². The lowest BCUT2D eigenvalue weighted by atomic mass is 9.78. The zero-order chi connectivity index (χ0) is 18.3. The normalized spacial score (nSPS) is 32.7. The summed E-state index contributed by atoms with van der Waals surface area (Å²) in [4.78, 5) is 11.2. The summed E-state index contributed by atoms with van der Waals surface area (Å²) in [5.41, 5.74) is -0.473. The number of ether oxygens (including phenoxy) is 1. The van der Waals surface area contributed by atoms with Crippen LogP contribution in [0.15, 0.2) is 33.5 Å². The topological polar surface area (TPSA) is 161 Å². The Bertz CT molecular complexity index is 817. The lowest BCUT2D eigenvalue weighted by Crippen LogP contribution is -2.63. The van der Waals surface area contributed by atoms with Crippen molar-refractivity contribution in [3.8, 4) is 11.5 Å². The Morgan fingerprint density at radius 2 is 1.68 bits per heavy atom. The molecule has 0 amide bonds. The molecular weight excluding hydrogens is 336 g/mol. The number of aromatic hydroxyl groups is 1. The van der Waals surface area contributed by atoms with Gasteiger partial charge in [-0.15, -0.1) is 0 Å². The second-order valence-corrected chi connectivity index (χ2v) is 6.00. The molecule has 1 fully saturated rings. The number of benzene rings is 1. The number of aliphatic hydroxyl groups is 5. The van der Waals surface area contributed by atoms with E-state index in [4.69, 9.17) is 9.15 Å². The molecule has 0 bridgehead atoms. The van der Waals surface area contributed by atoms with Crippen LogP contribution < -0.4 is 10.4 Å². The second kappa shape index (κ2) is 6.62. The third-order valence-corrected chi connectivity index (χ3v) is 4.42. The summed E-state index contributed by atoms with van der Waals surface area (Å²) in [6.07, 6.45) is -7.78. The molecule has 1 aromatic carbocycles. The molecule has 25 heavy (non-hydrogen) atoms. The van der Waals surface area contributed by atoms with Crippen LogP contribution in [0.3, 0.4) is 0 Å². The van der Waals surface area contributed by atoms with Crippen LogP contribution in [-0.4, -0.2) is 67.8 Å². The third-order valence-electron chi connectivity index (χ3n) is 4.42. The molecule has 136 valence electrons. The van der Waals surface area contributed by atoms with E-state index < -0.39 is 54.4 Å². The van der Waals surface area contributed by atoms with Crippen molar-refractivity contribution in [2.45, 2.75) is 30.5 Å². The van der Waals surface area contributed by atoms with Crippen LogP contribution in [0.5, 0.6) is 11.5 Å². The van der Waals surface area contributed by atoms with Crippen LogP contribution in [0, 0.1) is 5.92 Å². The molecule has 2 aromatic rings. The van der Waals surface area contributed by atoms with E-state index >= 15 is 0 Å². The Labute approximate surface area is 141 Å². The summed E-state index contributed by atoms with van der Waals surface area (Å²) in [6.45, 7) is -0.629. The largest absolute Gasteiger partial charge is 0.504 e. The number of phenolic OH excluding ortho intramolecular Hbond substituents is 1. The molecule has 0 aliphatic heterocycles.